The highest BCUT2D eigenvalue weighted by Crippen LogP contribution is 2.35. The summed E-state index contributed by atoms with van der Waals surface area (Å²) in [5.74, 6) is -1.07. The minimum Gasteiger partial charge on any atom is -0.481 e. The zero-order chi connectivity index (χ0) is 24.1. The third kappa shape index (κ3) is 5.57. The molecule has 1 aliphatic rings. The van der Waals surface area contributed by atoms with Crippen molar-refractivity contribution in [1.29, 1.82) is 0 Å². The van der Waals surface area contributed by atoms with Crippen molar-refractivity contribution in [3.05, 3.63) is 75.6 Å². The van der Waals surface area contributed by atoms with Crippen LogP contribution in [0.1, 0.15) is 31.2 Å². The maximum Gasteiger partial charge on any atom is 0.303 e. The van der Waals surface area contributed by atoms with Crippen LogP contribution in [0.25, 0.3) is 11.7 Å². The van der Waals surface area contributed by atoms with E-state index in [0.29, 0.717) is 51.3 Å². The number of carbonyl (C=O) groups is 2. The van der Waals surface area contributed by atoms with Crippen molar-refractivity contribution in [1.82, 2.24) is 14.3 Å². The molecule has 0 spiro atoms. The van der Waals surface area contributed by atoms with E-state index in [1.165, 1.54) is 21.1 Å². The second-order valence-electron chi connectivity index (χ2n) is 7.52. The Morgan fingerprint density at radius 1 is 1.09 bits per heavy atom. The number of rotatable bonds is 9. The smallest absolute Gasteiger partial charge is 0.303 e. The molecule has 3 heterocycles. The maximum absolute atomic E-state index is 13.3. The Labute approximate surface area is 209 Å². The van der Waals surface area contributed by atoms with Gasteiger partial charge in [-0.2, -0.15) is 0 Å². The molecule has 1 aromatic carbocycles. The van der Waals surface area contributed by atoms with Crippen molar-refractivity contribution in [3.63, 3.8) is 0 Å². The SMILES string of the molecule is O=C(O)CCCCCN1C(=O)C(=Cc2c(Sc3ccccc3)nc3ccccn3c2=O)SC1=S. The normalized spacial score (nSPS) is 14.9. The first-order chi connectivity index (χ1) is 16.4. The van der Waals surface area contributed by atoms with Gasteiger partial charge in [-0.25, -0.2) is 4.98 Å². The average Bonchev–Trinajstić information content (AvgIpc) is 3.09. The topological polar surface area (TPSA) is 92.0 Å². The van der Waals surface area contributed by atoms with Gasteiger partial charge in [0.2, 0.25) is 0 Å². The van der Waals surface area contributed by atoms with Crippen LogP contribution in [0, 0.1) is 0 Å². The van der Waals surface area contributed by atoms with E-state index in [0.717, 1.165) is 16.7 Å². The van der Waals surface area contributed by atoms with E-state index in [9.17, 15) is 14.4 Å². The standard InChI is InChI=1S/C24H21N3O4S3/c28-20(29)12-5-2-7-14-27-23(31)18(34-24(27)32)15-17-21(33-16-9-3-1-4-10-16)25-19-11-6-8-13-26(19)22(17)30/h1,3-4,6,8-11,13,15H,2,5,7,12,14H2,(H,28,29). The molecule has 10 heteroatoms. The van der Waals surface area contributed by atoms with Crippen LogP contribution in [0.5, 0.6) is 0 Å². The van der Waals surface area contributed by atoms with Gasteiger partial charge in [-0.05, 0) is 43.2 Å². The predicted octanol–water partition coefficient (Wildman–Crippen LogP) is 4.69. The van der Waals surface area contributed by atoms with Crippen LogP contribution in [0.3, 0.4) is 0 Å². The lowest BCUT2D eigenvalue weighted by molar-refractivity contribution is -0.137. The number of thioether (sulfide) groups is 1. The molecule has 0 atom stereocenters. The number of aromatic nitrogens is 2. The van der Waals surface area contributed by atoms with Crippen LogP contribution < -0.4 is 5.56 Å². The monoisotopic (exact) mass is 511 g/mol. The number of aliphatic carboxylic acids is 1. The highest BCUT2D eigenvalue weighted by atomic mass is 32.2. The second-order valence-corrected chi connectivity index (χ2v) is 10.3. The Hall–Kier alpha value is -2.95. The predicted molar refractivity (Wildman–Crippen MR) is 138 cm³/mol. The summed E-state index contributed by atoms with van der Waals surface area (Å²) < 4.78 is 1.89. The van der Waals surface area contributed by atoms with E-state index in [2.05, 4.69) is 4.98 Å². The molecule has 0 bridgehead atoms. The molecule has 1 fully saturated rings. The van der Waals surface area contributed by atoms with Crippen molar-refractivity contribution in [2.75, 3.05) is 6.54 Å². The number of nitrogens with zero attached hydrogens (tertiary/aromatic N) is 3. The van der Waals surface area contributed by atoms with Gasteiger partial charge >= 0.3 is 5.97 Å². The molecule has 1 aliphatic heterocycles. The van der Waals surface area contributed by atoms with Gasteiger partial charge in [0, 0.05) is 24.1 Å². The molecule has 0 radical (unpaired) electrons. The number of hydrogen-bond acceptors (Lipinski definition) is 7. The molecule has 34 heavy (non-hydrogen) atoms. The summed E-state index contributed by atoms with van der Waals surface area (Å²) in [7, 11) is 0. The van der Waals surface area contributed by atoms with Gasteiger partial charge in [-0.15, -0.1) is 0 Å². The number of carboxylic acid groups (broad SMARTS) is 1. The molecule has 0 saturated carbocycles. The second kappa shape index (κ2) is 11.0. The molecular weight excluding hydrogens is 490 g/mol. The Morgan fingerprint density at radius 2 is 1.85 bits per heavy atom. The quantitative estimate of drug-likeness (QED) is 0.191. The first-order valence-electron chi connectivity index (χ1n) is 10.7. The van der Waals surface area contributed by atoms with Gasteiger partial charge < -0.3 is 5.11 Å². The zero-order valence-electron chi connectivity index (χ0n) is 18.0. The van der Waals surface area contributed by atoms with Gasteiger partial charge in [-0.1, -0.05) is 66.4 Å². The molecule has 2 aromatic heterocycles. The van der Waals surface area contributed by atoms with Crippen molar-refractivity contribution >= 4 is 63.7 Å². The summed E-state index contributed by atoms with van der Waals surface area (Å²) in [5.41, 5.74) is 0.597. The molecular formula is C24H21N3O4S3. The lowest BCUT2D eigenvalue weighted by Crippen LogP contribution is -2.29. The highest BCUT2D eigenvalue weighted by molar-refractivity contribution is 8.26. The zero-order valence-corrected chi connectivity index (χ0v) is 20.5. The number of thiocarbonyl (C=S) groups is 1. The highest BCUT2D eigenvalue weighted by Gasteiger charge is 2.32. The Balaban J connectivity index is 1.63. The number of unbranched alkanes of at least 4 members (excludes halogenated alkanes) is 2. The Kier molecular flexibility index (Phi) is 7.81. The van der Waals surface area contributed by atoms with Gasteiger partial charge in [0.15, 0.2) is 0 Å². The third-order valence-electron chi connectivity index (χ3n) is 5.11. The molecule has 0 aliphatic carbocycles. The number of amides is 1. The van der Waals surface area contributed by atoms with Crippen molar-refractivity contribution in [3.8, 4) is 0 Å². The van der Waals surface area contributed by atoms with Crippen LogP contribution in [0.2, 0.25) is 0 Å². The first-order valence-corrected chi connectivity index (χ1v) is 12.7. The van der Waals surface area contributed by atoms with Crippen LogP contribution in [0.4, 0.5) is 0 Å². The fourth-order valence-corrected chi connectivity index (χ4v) is 5.63. The number of carbonyl (C=O) groups excluding carboxylic acids is 1. The largest absolute Gasteiger partial charge is 0.481 e. The number of fused-ring (bicyclic) bond motifs is 1. The summed E-state index contributed by atoms with van der Waals surface area (Å²) >= 11 is 7.94. The summed E-state index contributed by atoms with van der Waals surface area (Å²) in [5, 5.41) is 9.27. The van der Waals surface area contributed by atoms with Gasteiger partial charge in [-0.3, -0.25) is 23.7 Å². The lowest BCUT2D eigenvalue weighted by Gasteiger charge is -2.13. The van der Waals surface area contributed by atoms with E-state index < -0.39 is 5.97 Å². The molecule has 1 amide bonds. The molecule has 1 N–H and O–H groups in total. The summed E-state index contributed by atoms with van der Waals surface area (Å²) in [6, 6.07) is 15.0. The number of pyridine rings is 1. The van der Waals surface area contributed by atoms with Crippen LogP contribution in [-0.2, 0) is 9.59 Å². The van der Waals surface area contributed by atoms with E-state index in [1.54, 1.807) is 24.4 Å². The minimum atomic E-state index is -0.826. The third-order valence-corrected chi connectivity index (χ3v) is 7.50. The minimum absolute atomic E-state index is 0.110. The maximum atomic E-state index is 13.3. The van der Waals surface area contributed by atoms with Crippen LogP contribution >= 0.6 is 35.7 Å². The van der Waals surface area contributed by atoms with Gasteiger partial charge in [0.1, 0.15) is 15.0 Å². The molecule has 7 nitrogen and oxygen atoms in total. The Bertz CT molecular complexity index is 1340. The summed E-state index contributed by atoms with van der Waals surface area (Å²) in [6.07, 6.45) is 5.25. The molecule has 174 valence electrons. The average molecular weight is 512 g/mol. The lowest BCUT2D eigenvalue weighted by atomic mass is 10.2. The number of carboxylic acids is 1. The number of benzene rings is 1. The molecule has 4 rings (SSSR count). The summed E-state index contributed by atoms with van der Waals surface area (Å²) in [4.78, 5) is 44.6. The van der Waals surface area contributed by atoms with E-state index in [-0.39, 0.29) is 17.9 Å². The fourth-order valence-electron chi connectivity index (χ4n) is 3.43. The van der Waals surface area contributed by atoms with E-state index in [4.69, 9.17) is 17.3 Å². The molecule has 1 saturated heterocycles. The molecule has 0 unspecified atom stereocenters. The van der Waals surface area contributed by atoms with E-state index >= 15 is 0 Å². The first kappa shape index (κ1) is 24.2. The van der Waals surface area contributed by atoms with E-state index in [1.807, 2.05) is 36.4 Å². The van der Waals surface area contributed by atoms with Crippen molar-refractivity contribution in [2.24, 2.45) is 0 Å². The fraction of sp³-hybridized carbons (Fsp3) is 0.208. The van der Waals surface area contributed by atoms with Crippen LogP contribution in [0.15, 0.2) is 74.3 Å². The van der Waals surface area contributed by atoms with Crippen LogP contribution in [-0.4, -0.2) is 42.1 Å². The number of hydrogen-bond donors (Lipinski definition) is 1. The van der Waals surface area contributed by atoms with Crippen molar-refractivity contribution in [2.45, 2.75) is 35.6 Å². The van der Waals surface area contributed by atoms with Gasteiger partial charge in [0.05, 0.1) is 10.5 Å². The van der Waals surface area contributed by atoms with Gasteiger partial charge in [0.25, 0.3) is 11.5 Å². The Morgan fingerprint density at radius 3 is 2.62 bits per heavy atom. The summed E-state index contributed by atoms with van der Waals surface area (Å²) in [6.45, 7) is 0.419. The molecule has 3 aromatic rings. The van der Waals surface area contributed by atoms with Crippen molar-refractivity contribution < 1.29 is 14.7 Å².